The monoisotopic (exact) mass is 808 g/mol. The van der Waals surface area contributed by atoms with E-state index in [1.54, 1.807) is 0 Å². The molecule has 0 saturated carbocycles. The number of phenolic OH excluding ortho intramolecular Hbond substituents is 6. The Hall–Kier alpha value is -6.80. The number of amides is 6. The first-order valence-electron chi connectivity index (χ1n) is 18.5. The van der Waals surface area contributed by atoms with Crippen LogP contribution in [0.3, 0.4) is 0 Å². The molecular formula is C38H48N8O12. The molecule has 7 rings (SSSR count). The van der Waals surface area contributed by atoms with Gasteiger partial charge in [0.25, 0.3) is 35.4 Å². The summed E-state index contributed by atoms with van der Waals surface area (Å²) < 4.78 is 0. The summed E-state index contributed by atoms with van der Waals surface area (Å²) in [6.45, 7) is 2.15. The molecule has 6 amide bonds. The van der Waals surface area contributed by atoms with Crippen molar-refractivity contribution in [3.8, 4) is 34.5 Å². The Bertz CT molecular complexity index is 1930. The Morgan fingerprint density at radius 2 is 0.862 bits per heavy atom. The van der Waals surface area contributed by atoms with Crippen molar-refractivity contribution < 1.29 is 59.4 Å². The predicted octanol–water partition coefficient (Wildman–Crippen LogP) is -0.691. The highest BCUT2D eigenvalue weighted by atomic mass is 16.3. The summed E-state index contributed by atoms with van der Waals surface area (Å²) in [5.41, 5.74) is -1.60. The average Bonchev–Trinajstić information content (AvgIpc) is 3.20. The quantitative estimate of drug-likeness (QED) is 0.142. The van der Waals surface area contributed by atoms with Crippen LogP contribution in [0.25, 0.3) is 0 Å². The maximum Gasteiger partial charge on any atom is 0.255 e. The van der Waals surface area contributed by atoms with Crippen molar-refractivity contribution >= 4 is 35.4 Å². The maximum atomic E-state index is 13.0. The van der Waals surface area contributed by atoms with Crippen LogP contribution in [0.15, 0.2) is 36.4 Å². The molecule has 0 saturated heterocycles. The van der Waals surface area contributed by atoms with Gasteiger partial charge in [-0.3, -0.25) is 28.8 Å². The molecule has 20 heteroatoms. The molecule has 4 aliphatic heterocycles. The number of phenols is 6. The molecule has 58 heavy (non-hydrogen) atoms. The molecule has 3 aromatic rings. The zero-order chi connectivity index (χ0) is 42.4. The molecule has 4 bridgehead atoms. The van der Waals surface area contributed by atoms with Gasteiger partial charge in [0.15, 0.2) is 34.5 Å². The first-order chi connectivity index (χ1) is 27.8. The first kappa shape index (κ1) is 43.9. The maximum absolute atomic E-state index is 13.0. The van der Waals surface area contributed by atoms with E-state index < -0.39 is 69.9 Å². The summed E-state index contributed by atoms with van der Waals surface area (Å²) in [6, 6.07) is 7.14. The molecule has 312 valence electrons. The molecule has 4 aliphatic rings. The minimum absolute atomic E-state index is 0.0180. The van der Waals surface area contributed by atoms with Crippen LogP contribution in [0.2, 0.25) is 0 Å². The van der Waals surface area contributed by atoms with Gasteiger partial charge in [-0.15, -0.1) is 0 Å². The zero-order valence-electron chi connectivity index (χ0n) is 31.7. The molecule has 4 heterocycles. The third kappa shape index (κ3) is 11.2. The number of hydrogen-bond donors (Lipinski definition) is 14. The third-order valence-electron chi connectivity index (χ3n) is 9.32. The van der Waals surface area contributed by atoms with Gasteiger partial charge in [-0.1, -0.05) is 0 Å². The molecule has 0 aliphatic carbocycles. The average molecular weight is 809 g/mol. The van der Waals surface area contributed by atoms with Crippen molar-refractivity contribution in [1.29, 1.82) is 0 Å². The second-order valence-electron chi connectivity index (χ2n) is 13.2. The van der Waals surface area contributed by atoms with Gasteiger partial charge in [0, 0.05) is 66.0 Å². The summed E-state index contributed by atoms with van der Waals surface area (Å²) in [4.78, 5) is 76.3. The van der Waals surface area contributed by atoms with Gasteiger partial charge >= 0.3 is 0 Å². The predicted molar refractivity (Wildman–Crippen MR) is 207 cm³/mol. The fourth-order valence-electron chi connectivity index (χ4n) is 6.01. The van der Waals surface area contributed by atoms with E-state index >= 15 is 0 Å². The number of nitrogens with one attached hydrogen (secondary N) is 8. The molecule has 0 aromatic heterocycles. The van der Waals surface area contributed by atoms with Gasteiger partial charge in [0.2, 0.25) is 0 Å². The molecule has 14 N–H and O–H groups in total. The topological polar surface area (TPSA) is 320 Å². The third-order valence-corrected chi connectivity index (χ3v) is 9.32. The number of rotatable bonds is 5. The van der Waals surface area contributed by atoms with Gasteiger partial charge in [0.1, 0.15) is 0 Å². The second-order valence-corrected chi connectivity index (χ2v) is 13.2. The zero-order valence-corrected chi connectivity index (χ0v) is 31.7. The normalized spacial score (nSPS) is 15.8. The van der Waals surface area contributed by atoms with Gasteiger partial charge in [-0.05, 0) is 61.6 Å². The van der Waals surface area contributed by atoms with Crippen LogP contribution < -0.4 is 42.5 Å². The smallest absolute Gasteiger partial charge is 0.255 e. The van der Waals surface area contributed by atoms with Crippen molar-refractivity contribution in [2.75, 3.05) is 66.0 Å². The lowest BCUT2D eigenvalue weighted by Gasteiger charge is -2.19. The Labute approximate surface area is 332 Å². The molecule has 0 radical (unpaired) electrons. The summed E-state index contributed by atoms with van der Waals surface area (Å²) in [5, 5.41) is 84.6. The minimum atomic E-state index is -0.795. The van der Waals surface area contributed by atoms with Crippen LogP contribution in [0, 0.1) is 5.92 Å². The highest BCUT2D eigenvalue weighted by molar-refractivity contribution is 6.04. The van der Waals surface area contributed by atoms with Gasteiger partial charge in [-0.25, -0.2) is 0 Å². The Morgan fingerprint density at radius 3 is 1.24 bits per heavy atom. The van der Waals surface area contributed by atoms with Gasteiger partial charge in [0.05, 0.1) is 33.4 Å². The van der Waals surface area contributed by atoms with Crippen molar-refractivity contribution in [1.82, 2.24) is 42.5 Å². The molecule has 20 nitrogen and oxygen atoms in total. The van der Waals surface area contributed by atoms with E-state index in [1.165, 1.54) is 43.4 Å². The van der Waals surface area contributed by atoms with Crippen LogP contribution in [0.4, 0.5) is 0 Å². The summed E-state index contributed by atoms with van der Waals surface area (Å²) in [5.74, 6) is -9.35. The van der Waals surface area contributed by atoms with Crippen molar-refractivity contribution in [3.05, 3.63) is 69.8 Å². The number of hydrogen-bond acceptors (Lipinski definition) is 14. The largest absolute Gasteiger partial charge is 0.504 e. The lowest BCUT2D eigenvalue weighted by molar-refractivity contribution is 0.0930. The van der Waals surface area contributed by atoms with E-state index in [0.29, 0.717) is 26.2 Å². The number of benzene rings is 3. The fourth-order valence-corrected chi connectivity index (χ4v) is 6.01. The lowest BCUT2D eigenvalue weighted by Crippen LogP contribution is -2.37. The summed E-state index contributed by atoms with van der Waals surface area (Å²) >= 11 is 0. The lowest BCUT2D eigenvalue weighted by atomic mass is 9.96. The number of carbonyl (C=O) groups is 6. The minimum Gasteiger partial charge on any atom is -0.504 e. The molecule has 0 atom stereocenters. The van der Waals surface area contributed by atoms with Gasteiger partial charge < -0.3 is 73.2 Å². The Balaban J connectivity index is 1.49. The molecule has 3 aromatic carbocycles. The highest BCUT2D eigenvalue weighted by Gasteiger charge is 2.24. The van der Waals surface area contributed by atoms with E-state index in [2.05, 4.69) is 42.5 Å². The van der Waals surface area contributed by atoms with Crippen molar-refractivity contribution in [2.24, 2.45) is 5.92 Å². The standard InChI is InChI=1S/C38H48N8O12/c1-39-33(53)21-2-3-22(28(48)27(21)47)34(54)42-11-8-20-9-12-43-35(55)23-4-6-25(31(51)29(23)49)37(57)45-18-16-40-14-15-41-17-19-46-38(58)26-7-5-24(30(50)32(26)52)36(56)44-13-10-20/h2-7,20,40-41,47-52H,8-19H2,1H3,(H,39,53)(H,42,54)(H,43,55)(H,44,56)(H,45,57)(H,46,58). The number of aromatic hydroxyl groups is 6. The van der Waals surface area contributed by atoms with Crippen molar-refractivity contribution in [3.63, 3.8) is 0 Å². The van der Waals surface area contributed by atoms with Gasteiger partial charge in [-0.2, -0.15) is 0 Å². The van der Waals surface area contributed by atoms with Crippen LogP contribution in [0.1, 0.15) is 81.4 Å². The Morgan fingerprint density at radius 1 is 0.517 bits per heavy atom. The van der Waals surface area contributed by atoms with Crippen LogP contribution >= 0.6 is 0 Å². The second kappa shape index (κ2) is 20.9. The van der Waals surface area contributed by atoms with E-state index in [1.807, 2.05) is 0 Å². The molecule has 0 spiro atoms. The number of carbonyl (C=O) groups excluding carboxylic acids is 6. The first-order valence-corrected chi connectivity index (χ1v) is 18.5. The van der Waals surface area contributed by atoms with E-state index in [9.17, 15) is 59.4 Å². The molecule has 0 unspecified atom stereocenters. The van der Waals surface area contributed by atoms with E-state index in [0.717, 1.165) is 0 Å². The molecular weight excluding hydrogens is 760 g/mol. The molecule has 0 fully saturated rings. The summed E-state index contributed by atoms with van der Waals surface area (Å²) in [7, 11) is 1.33. The van der Waals surface area contributed by atoms with E-state index in [-0.39, 0.29) is 91.3 Å². The van der Waals surface area contributed by atoms with Crippen molar-refractivity contribution in [2.45, 2.75) is 19.3 Å². The van der Waals surface area contributed by atoms with Crippen LogP contribution in [0.5, 0.6) is 34.5 Å². The van der Waals surface area contributed by atoms with E-state index in [4.69, 9.17) is 0 Å². The van der Waals surface area contributed by atoms with Crippen LogP contribution in [-0.2, 0) is 0 Å². The van der Waals surface area contributed by atoms with Crippen LogP contribution in [-0.4, -0.2) is 132 Å². The Kier molecular flexibility index (Phi) is 15.8. The summed E-state index contributed by atoms with van der Waals surface area (Å²) in [6.07, 6.45) is 0.783. The fraction of sp³-hybridized carbons (Fsp3) is 0.368. The highest BCUT2D eigenvalue weighted by Crippen LogP contribution is 2.35. The SMILES string of the molecule is CNC(=O)c1ccc(C(=O)NCCC2CCNC(=O)c3ccc(c(O)c3O)C(=O)NCCNCCNCCNC(=O)c3ccc(c(O)c3O)C(=O)NCC2)c(O)c1O.